The fourth-order valence-electron chi connectivity index (χ4n) is 1.73. The molecular formula is C17H22ClN3O2. The van der Waals surface area contributed by atoms with Gasteiger partial charge >= 0.3 is 0 Å². The van der Waals surface area contributed by atoms with E-state index in [1.54, 1.807) is 18.2 Å². The summed E-state index contributed by atoms with van der Waals surface area (Å²) in [5.74, 6) is -0.469. The molecule has 0 saturated carbocycles. The van der Waals surface area contributed by atoms with Crippen molar-refractivity contribution in [2.75, 3.05) is 18.5 Å². The van der Waals surface area contributed by atoms with Gasteiger partial charge in [0.25, 0.3) is 5.91 Å². The number of nitrogens with one attached hydrogen (secondary N) is 2. The van der Waals surface area contributed by atoms with E-state index in [9.17, 15) is 4.79 Å². The summed E-state index contributed by atoms with van der Waals surface area (Å²) in [6.45, 7) is 7.07. The smallest absolute Gasteiger partial charge is 0.267 e. The van der Waals surface area contributed by atoms with Crippen LogP contribution in [-0.2, 0) is 9.53 Å². The highest BCUT2D eigenvalue weighted by Gasteiger charge is 2.10. The van der Waals surface area contributed by atoms with Gasteiger partial charge in [-0.2, -0.15) is 5.26 Å². The number of rotatable bonds is 8. The molecule has 0 spiro atoms. The summed E-state index contributed by atoms with van der Waals surface area (Å²) >= 11 is 5.91. The lowest BCUT2D eigenvalue weighted by atomic mass is 10.2. The predicted octanol–water partition coefficient (Wildman–Crippen LogP) is 3.40. The Balaban J connectivity index is 2.53. The monoisotopic (exact) mass is 335 g/mol. The summed E-state index contributed by atoms with van der Waals surface area (Å²) in [6.07, 6.45) is 2.42. The molecule has 0 aliphatic carbocycles. The first kappa shape index (κ1) is 19.0. The van der Waals surface area contributed by atoms with E-state index in [0.717, 1.165) is 12.0 Å². The molecule has 1 aromatic carbocycles. The third-order valence-corrected chi connectivity index (χ3v) is 3.21. The maximum atomic E-state index is 12.1. The van der Waals surface area contributed by atoms with Gasteiger partial charge in [0.15, 0.2) is 0 Å². The van der Waals surface area contributed by atoms with Crippen molar-refractivity contribution in [1.82, 2.24) is 5.32 Å². The van der Waals surface area contributed by atoms with E-state index in [1.165, 1.54) is 6.20 Å². The number of carbonyl (C=O) groups is 1. The molecule has 1 amide bonds. The highest BCUT2D eigenvalue weighted by molar-refractivity contribution is 6.31. The summed E-state index contributed by atoms with van der Waals surface area (Å²) < 4.78 is 5.41. The number of hydrogen-bond donors (Lipinski definition) is 2. The molecule has 0 aromatic heterocycles. The Bertz CT molecular complexity index is 606. The first-order valence-electron chi connectivity index (χ1n) is 7.46. The van der Waals surface area contributed by atoms with Gasteiger partial charge in [0, 0.05) is 30.1 Å². The van der Waals surface area contributed by atoms with E-state index in [4.69, 9.17) is 21.6 Å². The molecule has 0 atom stereocenters. The number of hydrogen-bond acceptors (Lipinski definition) is 4. The Morgan fingerprint density at radius 2 is 2.22 bits per heavy atom. The van der Waals surface area contributed by atoms with Crippen LogP contribution >= 0.6 is 11.6 Å². The summed E-state index contributed by atoms with van der Waals surface area (Å²) in [7, 11) is 0. The lowest BCUT2D eigenvalue weighted by Crippen LogP contribution is -2.18. The Hall–Kier alpha value is -2.03. The fraction of sp³-hybridized carbons (Fsp3) is 0.412. The summed E-state index contributed by atoms with van der Waals surface area (Å²) in [4.78, 5) is 12.1. The van der Waals surface area contributed by atoms with Gasteiger partial charge in [0.05, 0.1) is 6.10 Å². The van der Waals surface area contributed by atoms with Gasteiger partial charge in [-0.3, -0.25) is 4.79 Å². The molecule has 0 saturated heterocycles. The Morgan fingerprint density at radius 1 is 1.48 bits per heavy atom. The zero-order valence-electron chi connectivity index (χ0n) is 13.6. The molecule has 2 N–H and O–H groups in total. The van der Waals surface area contributed by atoms with Crippen molar-refractivity contribution in [3.63, 3.8) is 0 Å². The van der Waals surface area contributed by atoms with Crippen molar-refractivity contribution < 1.29 is 9.53 Å². The number of benzene rings is 1. The quantitative estimate of drug-likeness (QED) is 0.434. The molecule has 6 heteroatoms. The second-order valence-corrected chi connectivity index (χ2v) is 5.75. The second-order valence-electron chi connectivity index (χ2n) is 5.31. The van der Waals surface area contributed by atoms with Gasteiger partial charge in [0.1, 0.15) is 11.6 Å². The van der Waals surface area contributed by atoms with E-state index in [2.05, 4.69) is 10.6 Å². The van der Waals surface area contributed by atoms with Crippen LogP contribution in [0.15, 0.2) is 30.0 Å². The van der Waals surface area contributed by atoms with Crippen LogP contribution in [0.25, 0.3) is 0 Å². The van der Waals surface area contributed by atoms with Gasteiger partial charge in [-0.15, -0.1) is 0 Å². The molecule has 1 aromatic rings. The molecular weight excluding hydrogens is 314 g/mol. The first-order valence-corrected chi connectivity index (χ1v) is 7.84. The molecule has 5 nitrogen and oxygen atoms in total. The Labute approximate surface area is 142 Å². The topological polar surface area (TPSA) is 74.2 Å². The maximum absolute atomic E-state index is 12.1. The SMILES string of the molecule is Cc1ccc(Cl)cc1NC(=O)/C(C#N)=C\NCCCOC(C)C. The van der Waals surface area contributed by atoms with E-state index in [1.807, 2.05) is 26.8 Å². The van der Waals surface area contributed by atoms with Crippen LogP contribution in [0.5, 0.6) is 0 Å². The van der Waals surface area contributed by atoms with Gasteiger partial charge in [-0.1, -0.05) is 17.7 Å². The molecule has 0 bridgehead atoms. The Morgan fingerprint density at radius 3 is 2.87 bits per heavy atom. The molecule has 0 fully saturated rings. The van der Waals surface area contributed by atoms with Crippen molar-refractivity contribution in [2.45, 2.75) is 33.3 Å². The van der Waals surface area contributed by atoms with E-state index in [0.29, 0.717) is 23.9 Å². The van der Waals surface area contributed by atoms with Crippen LogP contribution in [0.2, 0.25) is 5.02 Å². The van der Waals surface area contributed by atoms with Gasteiger partial charge < -0.3 is 15.4 Å². The standard InChI is InChI=1S/C17H22ClN3O2/c1-12(2)23-8-4-7-20-11-14(10-19)17(22)21-16-9-15(18)6-5-13(16)3/h5-6,9,11-12,20H,4,7-8H2,1-3H3,(H,21,22)/b14-11-. The minimum absolute atomic E-state index is 0.00848. The van der Waals surface area contributed by atoms with Gasteiger partial charge in [-0.05, 0) is 44.9 Å². The molecule has 23 heavy (non-hydrogen) atoms. The van der Waals surface area contributed by atoms with Crippen molar-refractivity contribution in [2.24, 2.45) is 0 Å². The molecule has 0 aliphatic heterocycles. The van der Waals surface area contributed by atoms with Crippen molar-refractivity contribution in [1.29, 1.82) is 5.26 Å². The van der Waals surface area contributed by atoms with Crippen LogP contribution in [0.4, 0.5) is 5.69 Å². The minimum Gasteiger partial charge on any atom is -0.390 e. The molecule has 0 unspecified atom stereocenters. The molecule has 124 valence electrons. The number of halogens is 1. The van der Waals surface area contributed by atoms with Crippen LogP contribution in [0.3, 0.4) is 0 Å². The zero-order valence-corrected chi connectivity index (χ0v) is 14.4. The summed E-state index contributed by atoms with van der Waals surface area (Å²) in [5, 5.41) is 15.3. The van der Waals surface area contributed by atoms with Crippen LogP contribution in [0.1, 0.15) is 25.8 Å². The number of nitrogens with zero attached hydrogens (tertiary/aromatic N) is 1. The van der Waals surface area contributed by atoms with Crippen molar-refractivity contribution in [3.05, 3.63) is 40.6 Å². The van der Waals surface area contributed by atoms with E-state index < -0.39 is 5.91 Å². The number of aryl methyl sites for hydroxylation is 1. The van der Waals surface area contributed by atoms with Crippen LogP contribution in [0, 0.1) is 18.3 Å². The van der Waals surface area contributed by atoms with Crippen molar-refractivity contribution >= 4 is 23.2 Å². The number of carbonyl (C=O) groups excluding carboxylic acids is 1. The average molecular weight is 336 g/mol. The number of amides is 1. The molecule has 0 radical (unpaired) electrons. The molecule has 0 aliphatic rings. The average Bonchev–Trinajstić information content (AvgIpc) is 2.49. The van der Waals surface area contributed by atoms with Gasteiger partial charge in [0.2, 0.25) is 0 Å². The van der Waals surface area contributed by atoms with Gasteiger partial charge in [-0.25, -0.2) is 0 Å². The third kappa shape index (κ3) is 7.18. The fourth-order valence-corrected chi connectivity index (χ4v) is 1.91. The number of ether oxygens (including phenoxy) is 1. The second kappa shape index (κ2) is 9.88. The van der Waals surface area contributed by atoms with Crippen molar-refractivity contribution in [3.8, 4) is 6.07 Å². The number of anilines is 1. The van der Waals surface area contributed by atoms with Crippen LogP contribution < -0.4 is 10.6 Å². The highest BCUT2D eigenvalue weighted by Crippen LogP contribution is 2.20. The lowest BCUT2D eigenvalue weighted by Gasteiger charge is -2.09. The predicted molar refractivity (Wildman–Crippen MR) is 92.2 cm³/mol. The maximum Gasteiger partial charge on any atom is 0.267 e. The van der Waals surface area contributed by atoms with E-state index >= 15 is 0 Å². The summed E-state index contributed by atoms with van der Waals surface area (Å²) in [5.41, 5.74) is 1.47. The van der Waals surface area contributed by atoms with E-state index in [-0.39, 0.29) is 11.7 Å². The first-order chi connectivity index (χ1) is 10.9. The normalized spacial score (nSPS) is 11.2. The van der Waals surface area contributed by atoms with Crippen LogP contribution in [-0.4, -0.2) is 25.2 Å². The lowest BCUT2D eigenvalue weighted by molar-refractivity contribution is -0.112. The minimum atomic E-state index is -0.469. The largest absolute Gasteiger partial charge is 0.390 e. The Kier molecular flexibility index (Phi) is 8.17. The highest BCUT2D eigenvalue weighted by atomic mass is 35.5. The number of nitriles is 1. The summed E-state index contributed by atoms with van der Waals surface area (Å²) in [6, 6.07) is 7.09. The zero-order chi connectivity index (χ0) is 17.2. The third-order valence-electron chi connectivity index (χ3n) is 2.98. The molecule has 0 heterocycles. The molecule has 1 rings (SSSR count).